The summed E-state index contributed by atoms with van der Waals surface area (Å²) in [6.07, 6.45) is 0. The predicted molar refractivity (Wildman–Crippen MR) is 101 cm³/mol. The Morgan fingerprint density at radius 3 is 1.93 bits per heavy atom. The molecule has 0 bridgehead atoms. The molecule has 0 aromatic heterocycles. The zero-order valence-electron chi connectivity index (χ0n) is 15.3. The third-order valence-electron chi connectivity index (χ3n) is 3.11. The number of nitrogens with zero attached hydrogens (tertiary/aromatic N) is 1. The molecule has 0 aliphatic heterocycles. The van der Waals surface area contributed by atoms with Crippen molar-refractivity contribution in [3.05, 3.63) is 35.9 Å². The molecule has 11 heteroatoms. The first kappa shape index (κ1) is 23.3. The highest BCUT2D eigenvalue weighted by Crippen LogP contribution is 2.50. The summed E-state index contributed by atoms with van der Waals surface area (Å²) in [4.78, 5) is 29.6. The molecule has 0 aliphatic carbocycles. The minimum Gasteiger partial charge on any atom is -0.462 e. The van der Waals surface area contributed by atoms with Gasteiger partial charge in [-0.15, -0.1) is 0 Å². The van der Waals surface area contributed by atoms with E-state index in [1.54, 1.807) is 44.2 Å². The molecular weight excluding hydrogens is 445 g/mol. The highest BCUT2D eigenvalue weighted by atomic mass is 79.9. The fourth-order valence-corrected chi connectivity index (χ4v) is 3.21. The molecular formula is C16H21BrNO8P. The average molecular weight is 466 g/mol. The van der Waals surface area contributed by atoms with Crippen LogP contribution in [0.25, 0.3) is 0 Å². The number of rotatable bonds is 10. The molecule has 0 saturated carbocycles. The molecule has 0 amide bonds. The van der Waals surface area contributed by atoms with Crippen molar-refractivity contribution >= 4 is 40.9 Å². The molecule has 0 unspecified atom stereocenters. The number of benzene rings is 1. The molecule has 0 atom stereocenters. The van der Waals surface area contributed by atoms with Crippen LogP contribution in [0.2, 0.25) is 0 Å². The van der Waals surface area contributed by atoms with Gasteiger partial charge in [-0.05, 0) is 29.8 Å². The van der Waals surface area contributed by atoms with Crippen molar-refractivity contribution in [3.8, 4) is 0 Å². The van der Waals surface area contributed by atoms with E-state index in [9.17, 15) is 14.2 Å². The van der Waals surface area contributed by atoms with E-state index in [0.29, 0.717) is 5.56 Å². The lowest BCUT2D eigenvalue weighted by molar-refractivity contribution is -0.176. The molecule has 150 valence electrons. The molecule has 0 saturated heterocycles. The van der Waals surface area contributed by atoms with Gasteiger partial charge in [-0.25, -0.2) is 9.59 Å². The van der Waals surface area contributed by atoms with Crippen LogP contribution in [-0.2, 0) is 37.5 Å². The maximum atomic E-state index is 12.9. The number of hydrogen-bond acceptors (Lipinski definition) is 9. The van der Waals surface area contributed by atoms with Crippen LogP contribution in [0.5, 0.6) is 0 Å². The van der Waals surface area contributed by atoms with E-state index in [4.69, 9.17) is 23.4 Å². The number of ether oxygens (including phenoxy) is 2. The van der Waals surface area contributed by atoms with Gasteiger partial charge in [0.25, 0.3) is 0 Å². The number of carbonyl (C=O) groups is 2. The quantitative estimate of drug-likeness (QED) is 0.129. The van der Waals surface area contributed by atoms with E-state index in [-0.39, 0.29) is 18.7 Å². The Bertz CT molecular complexity index is 698. The SMILES string of the molecule is CCOC(=O)C(Br)(O/N=C(/c1ccccc1)P(=O)(OC)OC)C(=O)OCC. The third-order valence-corrected chi connectivity index (χ3v) is 5.72. The van der Waals surface area contributed by atoms with E-state index in [0.717, 1.165) is 0 Å². The van der Waals surface area contributed by atoms with Gasteiger partial charge in [0.15, 0.2) is 5.45 Å². The topological polar surface area (TPSA) is 110 Å². The van der Waals surface area contributed by atoms with Gasteiger partial charge in [-0.3, -0.25) is 4.57 Å². The van der Waals surface area contributed by atoms with E-state index in [1.807, 2.05) is 0 Å². The fraction of sp³-hybridized carbons (Fsp3) is 0.438. The van der Waals surface area contributed by atoms with Crippen molar-refractivity contribution in [2.75, 3.05) is 27.4 Å². The van der Waals surface area contributed by atoms with Gasteiger partial charge in [0.2, 0.25) is 0 Å². The van der Waals surface area contributed by atoms with Crippen LogP contribution in [0, 0.1) is 0 Å². The molecule has 0 heterocycles. The minimum absolute atomic E-state index is 0.0150. The number of halogens is 1. The van der Waals surface area contributed by atoms with E-state index >= 15 is 0 Å². The lowest BCUT2D eigenvalue weighted by Gasteiger charge is -2.22. The minimum atomic E-state index is -3.89. The van der Waals surface area contributed by atoms with Gasteiger partial charge in [0, 0.05) is 19.8 Å². The molecule has 0 spiro atoms. The van der Waals surface area contributed by atoms with E-state index < -0.39 is 24.0 Å². The first-order valence-electron chi connectivity index (χ1n) is 7.86. The summed E-state index contributed by atoms with van der Waals surface area (Å²) in [5.74, 6) is -2.16. The maximum Gasteiger partial charge on any atom is 0.383 e. The molecule has 9 nitrogen and oxygen atoms in total. The number of esters is 2. The Kier molecular flexibility index (Phi) is 9.11. The first-order chi connectivity index (χ1) is 12.8. The zero-order valence-corrected chi connectivity index (χ0v) is 17.8. The largest absolute Gasteiger partial charge is 0.462 e. The van der Waals surface area contributed by atoms with Crippen LogP contribution >= 0.6 is 23.5 Å². The highest BCUT2D eigenvalue weighted by molar-refractivity contribution is 9.10. The Morgan fingerprint density at radius 1 is 1.04 bits per heavy atom. The van der Waals surface area contributed by atoms with Crippen molar-refractivity contribution < 1.29 is 37.5 Å². The van der Waals surface area contributed by atoms with Gasteiger partial charge in [0.05, 0.1) is 13.2 Å². The predicted octanol–water partition coefficient (Wildman–Crippen LogP) is 3.07. The Labute approximate surface area is 165 Å². The maximum absolute atomic E-state index is 12.9. The summed E-state index contributed by atoms with van der Waals surface area (Å²) in [6, 6.07) is 8.23. The second-order valence-corrected chi connectivity index (χ2v) is 8.04. The summed E-state index contributed by atoms with van der Waals surface area (Å²) >= 11 is 2.88. The molecule has 1 aromatic carbocycles. The number of alkyl halides is 1. The van der Waals surface area contributed by atoms with Gasteiger partial charge < -0.3 is 23.4 Å². The van der Waals surface area contributed by atoms with E-state index in [1.165, 1.54) is 14.2 Å². The van der Waals surface area contributed by atoms with Crippen LogP contribution in [0.15, 0.2) is 35.5 Å². The fourth-order valence-electron chi connectivity index (χ4n) is 1.81. The lowest BCUT2D eigenvalue weighted by Crippen LogP contribution is -2.45. The summed E-state index contributed by atoms with van der Waals surface area (Å²) in [5, 5.41) is 3.74. The highest BCUT2D eigenvalue weighted by Gasteiger charge is 2.51. The lowest BCUT2D eigenvalue weighted by atomic mass is 10.2. The molecule has 0 N–H and O–H groups in total. The van der Waals surface area contributed by atoms with Crippen molar-refractivity contribution in [1.82, 2.24) is 0 Å². The van der Waals surface area contributed by atoms with Crippen LogP contribution in [0.4, 0.5) is 0 Å². The zero-order chi connectivity index (χ0) is 20.5. The molecule has 0 aliphatic rings. The number of carbonyl (C=O) groups excluding carboxylic acids is 2. The van der Waals surface area contributed by atoms with Crippen LogP contribution < -0.4 is 0 Å². The molecule has 0 radical (unpaired) electrons. The molecule has 1 rings (SSSR count). The normalized spacial score (nSPS) is 12.4. The van der Waals surface area contributed by atoms with Crippen molar-refractivity contribution in [1.29, 1.82) is 0 Å². The summed E-state index contributed by atoms with van der Waals surface area (Å²) < 4.78 is 30.1. The van der Waals surface area contributed by atoms with Crippen LogP contribution in [-0.4, -0.2) is 49.3 Å². The average Bonchev–Trinajstić information content (AvgIpc) is 2.68. The number of oxime groups is 1. The molecule has 0 fully saturated rings. The summed E-state index contributed by atoms with van der Waals surface area (Å²) in [6.45, 7) is 3.08. The Hall–Kier alpha value is -1.74. The third kappa shape index (κ3) is 5.62. The summed E-state index contributed by atoms with van der Waals surface area (Å²) in [7, 11) is -1.56. The smallest absolute Gasteiger partial charge is 0.383 e. The second kappa shape index (κ2) is 10.6. The van der Waals surface area contributed by atoms with Gasteiger partial charge in [-0.1, -0.05) is 35.5 Å². The van der Waals surface area contributed by atoms with Crippen LogP contribution in [0.1, 0.15) is 19.4 Å². The van der Waals surface area contributed by atoms with Crippen molar-refractivity contribution in [2.24, 2.45) is 5.16 Å². The molecule has 1 aromatic rings. The Morgan fingerprint density at radius 2 is 1.52 bits per heavy atom. The summed E-state index contributed by atoms with van der Waals surface area (Å²) in [5.41, 5.74) is 0.0950. The van der Waals surface area contributed by atoms with Gasteiger partial charge in [0.1, 0.15) is 0 Å². The monoisotopic (exact) mass is 465 g/mol. The van der Waals surface area contributed by atoms with Gasteiger partial charge in [-0.2, -0.15) is 0 Å². The Balaban J connectivity index is 3.41. The number of hydrogen-bond donors (Lipinski definition) is 0. The van der Waals surface area contributed by atoms with Crippen LogP contribution in [0.3, 0.4) is 0 Å². The van der Waals surface area contributed by atoms with Crippen molar-refractivity contribution in [3.63, 3.8) is 0 Å². The second-order valence-electron chi connectivity index (χ2n) is 4.77. The van der Waals surface area contributed by atoms with E-state index in [2.05, 4.69) is 21.1 Å². The molecule has 27 heavy (non-hydrogen) atoms. The first-order valence-corrected chi connectivity index (χ1v) is 10.2. The van der Waals surface area contributed by atoms with Gasteiger partial charge >= 0.3 is 24.0 Å². The van der Waals surface area contributed by atoms with Crippen molar-refractivity contribution in [2.45, 2.75) is 18.4 Å². The standard InChI is InChI=1S/C16H21BrNO8P/c1-5-24-14(19)16(17,15(20)25-6-2)26-18-13(27(21,22-3)23-4)12-10-8-7-9-11-12/h7-11H,5-6H2,1-4H3/b18-13-.